The van der Waals surface area contributed by atoms with Crippen LogP contribution in [0.4, 0.5) is 13.2 Å². The highest BCUT2D eigenvalue weighted by Gasteiger charge is 2.35. The fourth-order valence-electron chi connectivity index (χ4n) is 4.37. The van der Waals surface area contributed by atoms with Crippen molar-refractivity contribution in [3.05, 3.63) is 102 Å². The summed E-state index contributed by atoms with van der Waals surface area (Å²) in [7, 11) is -3.46. The molecule has 0 saturated heterocycles. The Bertz CT molecular complexity index is 2100. The number of sulfonamides is 1. The van der Waals surface area contributed by atoms with Gasteiger partial charge in [-0.05, 0) is 48.5 Å². The third kappa shape index (κ3) is 4.61. The first-order valence-corrected chi connectivity index (χ1v) is 13.8. The number of fused-ring (bicyclic) bond motifs is 2. The van der Waals surface area contributed by atoms with E-state index in [1.54, 1.807) is 16.9 Å². The number of halogens is 5. The van der Waals surface area contributed by atoms with Crippen LogP contribution in [0.5, 0.6) is 0 Å². The molecule has 9 nitrogen and oxygen atoms in total. The number of nitrogens with zero attached hydrogens (tertiary/aromatic N) is 2. The van der Waals surface area contributed by atoms with Crippen molar-refractivity contribution >= 4 is 65.3 Å². The summed E-state index contributed by atoms with van der Waals surface area (Å²) in [5.41, 5.74) is -3.15. The van der Waals surface area contributed by atoms with Gasteiger partial charge in [-0.25, -0.2) is 22.5 Å². The van der Waals surface area contributed by atoms with Gasteiger partial charge in [0.25, 0.3) is 21.5 Å². The van der Waals surface area contributed by atoms with Crippen LogP contribution in [0.1, 0.15) is 16.1 Å². The van der Waals surface area contributed by atoms with Crippen molar-refractivity contribution in [3.8, 4) is 5.69 Å². The molecule has 0 fully saturated rings. The van der Waals surface area contributed by atoms with Gasteiger partial charge in [-0.3, -0.25) is 9.59 Å². The molecule has 0 unspecified atom stereocenters. The molecule has 2 aromatic heterocycles. The number of hydrogen-bond donors (Lipinski definition) is 2. The van der Waals surface area contributed by atoms with Gasteiger partial charge in [0.05, 0.1) is 32.6 Å². The monoisotopic (exact) mass is 654 g/mol. The molecule has 0 radical (unpaired) electrons. The van der Waals surface area contributed by atoms with Gasteiger partial charge in [-0.15, -0.1) is 0 Å². The summed E-state index contributed by atoms with van der Waals surface area (Å²) in [4.78, 5) is 41.9. The van der Waals surface area contributed by atoms with E-state index < -0.39 is 54.0 Å². The van der Waals surface area contributed by atoms with Crippen LogP contribution >= 0.6 is 27.5 Å². The molecule has 2 N–H and O–H groups in total. The number of rotatable bonds is 4. The molecule has 1 amide bonds. The van der Waals surface area contributed by atoms with Crippen molar-refractivity contribution in [2.24, 2.45) is 7.05 Å². The number of aryl methyl sites for hydroxylation is 1. The van der Waals surface area contributed by atoms with Crippen LogP contribution in [0.2, 0.25) is 5.02 Å². The Kier molecular flexibility index (Phi) is 6.67. The molecular weight excluding hydrogens is 641 g/mol. The maximum Gasteiger partial charge on any atom is 0.417 e. The molecule has 15 heteroatoms. The number of hydrogen-bond acceptors (Lipinski definition) is 5. The van der Waals surface area contributed by atoms with Crippen molar-refractivity contribution in [1.82, 2.24) is 18.8 Å². The van der Waals surface area contributed by atoms with Gasteiger partial charge in [0, 0.05) is 21.9 Å². The normalized spacial score (nSPS) is 12.2. The zero-order valence-corrected chi connectivity index (χ0v) is 23.2. The molecule has 0 saturated carbocycles. The number of H-pyrrole nitrogens is 1. The lowest BCUT2D eigenvalue weighted by Gasteiger charge is -2.13. The first-order valence-electron chi connectivity index (χ1n) is 11.2. The van der Waals surface area contributed by atoms with Crippen LogP contribution in [0.3, 0.4) is 0 Å². The van der Waals surface area contributed by atoms with Crippen molar-refractivity contribution in [3.63, 3.8) is 0 Å². The summed E-state index contributed by atoms with van der Waals surface area (Å²) in [6.07, 6.45) is -4.88. The molecule has 206 valence electrons. The molecule has 5 rings (SSSR count). The molecule has 0 atom stereocenters. The predicted octanol–water partition coefficient (Wildman–Crippen LogP) is 4.72. The van der Waals surface area contributed by atoms with E-state index in [2.05, 4.69) is 20.9 Å². The fourth-order valence-corrected chi connectivity index (χ4v) is 5.99. The lowest BCUT2D eigenvalue weighted by Crippen LogP contribution is -2.37. The molecule has 0 bridgehead atoms. The average Bonchev–Trinajstić information content (AvgIpc) is 3.14. The minimum atomic E-state index is -4.88. The van der Waals surface area contributed by atoms with Gasteiger partial charge < -0.3 is 9.55 Å². The Morgan fingerprint density at radius 3 is 2.42 bits per heavy atom. The van der Waals surface area contributed by atoms with Gasteiger partial charge >= 0.3 is 11.9 Å². The average molecular weight is 656 g/mol. The Morgan fingerprint density at radius 1 is 1.02 bits per heavy atom. The topological polar surface area (TPSA) is 123 Å². The summed E-state index contributed by atoms with van der Waals surface area (Å²) in [5.74, 6) is -1.30. The number of amides is 1. The Hall–Kier alpha value is -3.88. The van der Waals surface area contributed by atoms with Crippen LogP contribution in [0.25, 0.3) is 27.5 Å². The van der Waals surface area contributed by atoms with E-state index in [1.807, 2.05) is 0 Å². The number of aromatic nitrogens is 3. The minimum absolute atomic E-state index is 0.106. The van der Waals surface area contributed by atoms with Crippen molar-refractivity contribution in [2.75, 3.05) is 0 Å². The van der Waals surface area contributed by atoms with Crippen LogP contribution in [-0.2, 0) is 23.2 Å². The van der Waals surface area contributed by atoms with Gasteiger partial charge in [0.15, 0.2) is 0 Å². The van der Waals surface area contributed by atoms with Crippen LogP contribution in [0.15, 0.2) is 79.6 Å². The highest BCUT2D eigenvalue weighted by Crippen LogP contribution is 2.36. The van der Waals surface area contributed by atoms with E-state index in [4.69, 9.17) is 11.6 Å². The minimum Gasteiger partial charge on any atom is -0.338 e. The summed E-state index contributed by atoms with van der Waals surface area (Å²) in [6, 6.07) is 12.7. The van der Waals surface area contributed by atoms with Gasteiger partial charge in [-0.1, -0.05) is 39.7 Å². The molecule has 3 aromatic carbocycles. The van der Waals surface area contributed by atoms with Crippen molar-refractivity contribution < 1.29 is 26.4 Å². The van der Waals surface area contributed by atoms with E-state index in [-0.39, 0.29) is 27.0 Å². The van der Waals surface area contributed by atoms with Crippen LogP contribution in [0, 0.1) is 0 Å². The maximum absolute atomic E-state index is 13.5. The predicted molar refractivity (Wildman–Crippen MR) is 145 cm³/mol. The molecule has 0 aliphatic heterocycles. The maximum atomic E-state index is 13.5. The second-order valence-corrected chi connectivity index (χ2v) is 11.6. The number of nitrogens with one attached hydrogen (secondary N) is 2. The Morgan fingerprint density at radius 2 is 1.73 bits per heavy atom. The van der Waals surface area contributed by atoms with Crippen molar-refractivity contribution in [1.29, 1.82) is 0 Å². The zero-order valence-electron chi connectivity index (χ0n) is 20.0. The first kappa shape index (κ1) is 27.7. The summed E-state index contributed by atoms with van der Waals surface area (Å²) in [6.45, 7) is 0. The lowest BCUT2D eigenvalue weighted by molar-refractivity contribution is -0.138. The lowest BCUT2D eigenvalue weighted by atomic mass is 10.2. The SMILES string of the molecule is Cn1c(C(=O)NS(=O)(=O)c2ccc(Br)c(C(F)(F)F)c2)c(-n2c(=O)[nH]c3ccccc3c2=O)c2cc(Cl)ccc21. The number of benzene rings is 3. The second kappa shape index (κ2) is 9.64. The number of carbonyl (C=O) groups is 1. The van der Waals surface area contributed by atoms with E-state index >= 15 is 0 Å². The second-order valence-electron chi connectivity index (χ2n) is 8.61. The Labute approximate surface area is 236 Å². The summed E-state index contributed by atoms with van der Waals surface area (Å²) in [5, 5.41) is 0.469. The number of aromatic amines is 1. The molecular formula is C25H15BrClF3N4O5S. The fraction of sp³-hybridized carbons (Fsp3) is 0.0800. The van der Waals surface area contributed by atoms with E-state index in [0.29, 0.717) is 16.2 Å². The van der Waals surface area contributed by atoms with E-state index in [0.717, 1.165) is 12.1 Å². The highest BCUT2D eigenvalue weighted by atomic mass is 79.9. The third-order valence-electron chi connectivity index (χ3n) is 6.16. The third-order valence-corrected chi connectivity index (χ3v) is 8.41. The number of carbonyl (C=O) groups excluding carboxylic acids is 1. The van der Waals surface area contributed by atoms with Gasteiger partial charge in [0.2, 0.25) is 0 Å². The number of para-hydroxylation sites is 1. The van der Waals surface area contributed by atoms with E-state index in [9.17, 15) is 36.0 Å². The Balaban J connectivity index is 1.73. The summed E-state index contributed by atoms with van der Waals surface area (Å²) >= 11 is 8.91. The smallest absolute Gasteiger partial charge is 0.338 e. The molecule has 2 heterocycles. The van der Waals surface area contributed by atoms with Gasteiger partial charge in [0.1, 0.15) is 5.69 Å². The molecule has 0 spiro atoms. The number of alkyl halides is 3. The molecule has 40 heavy (non-hydrogen) atoms. The molecule has 0 aliphatic carbocycles. The quantitative estimate of drug-likeness (QED) is 0.290. The van der Waals surface area contributed by atoms with Crippen molar-refractivity contribution in [2.45, 2.75) is 11.1 Å². The largest absolute Gasteiger partial charge is 0.417 e. The zero-order chi connectivity index (χ0) is 29.1. The molecule has 5 aromatic rings. The van der Waals surface area contributed by atoms with Gasteiger partial charge in [-0.2, -0.15) is 13.2 Å². The summed E-state index contributed by atoms with van der Waals surface area (Å²) < 4.78 is 69.6. The molecule has 0 aliphatic rings. The highest BCUT2D eigenvalue weighted by molar-refractivity contribution is 9.10. The van der Waals surface area contributed by atoms with E-state index in [1.165, 1.54) is 41.9 Å². The first-order chi connectivity index (χ1) is 18.7. The standard InChI is InChI=1S/C25H15BrClF3N4O5S/c1-33-19-9-6-12(27)10-15(19)20(34-23(36)14-4-2-3-5-18(14)31-24(34)37)21(33)22(35)32-40(38,39)13-7-8-17(26)16(11-13)25(28,29)30/h2-11H,1H3,(H,31,37)(H,32,35). The van der Waals surface area contributed by atoms with Crippen LogP contribution in [-0.4, -0.2) is 28.4 Å². The van der Waals surface area contributed by atoms with Crippen LogP contribution < -0.4 is 16.0 Å².